The second-order valence-electron chi connectivity index (χ2n) is 4.95. The van der Waals surface area contributed by atoms with Crippen molar-refractivity contribution < 1.29 is 14.8 Å². The van der Waals surface area contributed by atoms with Crippen LogP contribution in [0.25, 0.3) is 0 Å². The van der Waals surface area contributed by atoms with E-state index in [-0.39, 0.29) is 11.9 Å². The number of hydrogen-bond acceptors (Lipinski definition) is 2. The van der Waals surface area contributed by atoms with E-state index in [1.165, 1.54) is 0 Å². The first-order valence-electron chi connectivity index (χ1n) is 7.67. The van der Waals surface area contributed by atoms with Gasteiger partial charge in [-0.1, -0.05) is 42.5 Å². The summed E-state index contributed by atoms with van der Waals surface area (Å²) in [7, 11) is 0. The Morgan fingerprint density at radius 1 is 1.09 bits per heavy atom. The highest BCUT2D eigenvalue weighted by atomic mass is 16.5. The molecule has 0 aromatic heterocycles. The number of carbonyl (C=O) groups excluding carboxylic acids is 1. The summed E-state index contributed by atoms with van der Waals surface area (Å²) in [5.74, 6) is 0.655. The van der Waals surface area contributed by atoms with E-state index in [4.69, 9.17) is 4.74 Å². The molecule has 0 heterocycles. The van der Waals surface area contributed by atoms with E-state index in [2.05, 4.69) is 5.32 Å². The first-order valence-corrected chi connectivity index (χ1v) is 7.67. The maximum atomic E-state index is 12.7. The summed E-state index contributed by atoms with van der Waals surface area (Å²) in [5.41, 5.74) is 1.70. The normalized spacial score (nSPS) is 11.7. The van der Waals surface area contributed by atoms with Gasteiger partial charge in [-0.05, 0) is 26.0 Å². The molecule has 0 radical (unpaired) electrons. The molecule has 0 aliphatic rings. The summed E-state index contributed by atoms with van der Waals surface area (Å²) in [5, 5.41) is 5.01. The van der Waals surface area contributed by atoms with Crippen molar-refractivity contribution in [2.45, 2.75) is 19.9 Å². The van der Waals surface area contributed by atoms with Crippen LogP contribution in [-0.2, 0) is 4.79 Å². The number of nitrogens with two attached hydrogens (primary N) is 1. The van der Waals surface area contributed by atoms with E-state index in [1.54, 1.807) is 0 Å². The van der Waals surface area contributed by atoms with Crippen LogP contribution in [0.3, 0.4) is 0 Å². The third-order valence-electron chi connectivity index (χ3n) is 3.36. The molecule has 2 rings (SSSR count). The molecule has 0 aliphatic heterocycles. The number of para-hydroxylation sites is 2. The lowest BCUT2D eigenvalue weighted by Gasteiger charge is -2.16. The molecule has 116 valence electrons. The number of carbonyl (C=O) groups is 1. The first kappa shape index (κ1) is 16.0. The van der Waals surface area contributed by atoms with E-state index in [0.717, 1.165) is 12.1 Å². The molecular weight excluding hydrogens is 276 g/mol. The highest BCUT2D eigenvalue weighted by Gasteiger charge is 2.24. The Kier molecular flexibility index (Phi) is 5.98. The molecule has 3 N–H and O–H groups in total. The fraction of sp³-hybridized carbons (Fsp3) is 0.278. The minimum absolute atomic E-state index is 0.0415. The van der Waals surface area contributed by atoms with Crippen molar-refractivity contribution in [3.63, 3.8) is 0 Å². The molecule has 0 saturated heterocycles. The van der Waals surface area contributed by atoms with Gasteiger partial charge in [0.15, 0.2) is 6.04 Å². The standard InChI is InChI=1S/C18H22N2O2/c1-3-19-17(14-10-6-5-7-11-14)18(21)20-15-12-8-9-13-16(15)22-4-2/h5-13,17,19H,3-4H2,1-2H3,(H,20,21)/p+1/t17-/m1/s1. The summed E-state index contributed by atoms with van der Waals surface area (Å²) in [6.07, 6.45) is 0. The van der Waals surface area contributed by atoms with Crippen molar-refractivity contribution in [3.8, 4) is 5.75 Å². The molecular formula is C18H23N2O2+. The monoisotopic (exact) mass is 299 g/mol. The van der Waals surface area contributed by atoms with E-state index >= 15 is 0 Å². The predicted octanol–water partition coefficient (Wildman–Crippen LogP) is 2.35. The van der Waals surface area contributed by atoms with Crippen molar-refractivity contribution in [3.05, 3.63) is 60.2 Å². The largest absolute Gasteiger partial charge is 0.492 e. The van der Waals surface area contributed by atoms with Crippen LogP contribution in [0.2, 0.25) is 0 Å². The Labute approximate surface area is 131 Å². The van der Waals surface area contributed by atoms with Crippen LogP contribution in [-0.4, -0.2) is 19.1 Å². The lowest BCUT2D eigenvalue weighted by atomic mass is 10.1. The van der Waals surface area contributed by atoms with Gasteiger partial charge in [-0.2, -0.15) is 0 Å². The van der Waals surface area contributed by atoms with Gasteiger partial charge < -0.3 is 15.4 Å². The van der Waals surface area contributed by atoms with E-state index in [9.17, 15) is 4.79 Å². The van der Waals surface area contributed by atoms with Crippen molar-refractivity contribution in [2.24, 2.45) is 0 Å². The van der Waals surface area contributed by atoms with E-state index in [1.807, 2.05) is 73.8 Å². The van der Waals surface area contributed by atoms with Gasteiger partial charge in [0, 0.05) is 5.56 Å². The van der Waals surface area contributed by atoms with Crippen LogP contribution in [0.4, 0.5) is 5.69 Å². The molecule has 1 atom stereocenters. The van der Waals surface area contributed by atoms with Crippen LogP contribution in [0, 0.1) is 0 Å². The van der Waals surface area contributed by atoms with Gasteiger partial charge >= 0.3 is 0 Å². The summed E-state index contributed by atoms with van der Waals surface area (Å²) in [4.78, 5) is 12.7. The zero-order chi connectivity index (χ0) is 15.8. The molecule has 0 fully saturated rings. The molecule has 2 aromatic rings. The molecule has 22 heavy (non-hydrogen) atoms. The van der Waals surface area contributed by atoms with Crippen molar-refractivity contribution in [1.82, 2.24) is 0 Å². The number of benzene rings is 2. The Bertz CT molecular complexity index is 599. The van der Waals surface area contributed by atoms with Crippen LogP contribution in [0.5, 0.6) is 5.75 Å². The van der Waals surface area contributed by atoms with Crippen LogP contribution < -0.4 is 15.4 Å². The molecule has 4 nitrogen and oxygen atoms in total. The summed E-state index contributed by atoms with van der Waals surface area (Å²) in [6.45, 7) is 5.36. The Hall–Kier alpha value is -2.33. The van der Waals surface area contributed by atoms with Gasteiger partial charge in [-0.25, -0.2) is 0 Å². The quantitative estimate of drug-likeness (QED) is 0.824. The number of anilines is 1. The number of likely N-dealkylation sites (N-methyl/N-ethyl adjacent to an activating group) is 1. The molecule has 2 aromatic carbocycles. The van der Waals surface area contributed by atoms with Crippen LogP contribution in [0.1, 0.15) is 25.5 Å². The van der Waals surface area contributed by atoms with Gasteiger partial charge in [0.2, 0.25) is 0 Å². The van der Waals surface area contributed by atoms with E-state index < -0.39 is 0 Å². The maximum absolute atomic E-state index is 12.7. The van der Waals surface area contributed by atoms with Gasteiger partial charge in [-0.15, -0.1) is 0 Å². The molecule has 1 amide bonds. The minimum atomic E-state index is -0.263. The second-order valence-corrected chi connectivity index (χ2v) is 4.95. The first-order chi connectivity index (χ1) is 10.8. The molecule has 0 unspecified atom stereocenters. The summed E-state index contributed by atoms with van der Waals surface area (Å²) in [6, 6.07) is 17.1. The van der Waals surface area contributed by atoms with Crippen molar-refractivity contribution in [1.29, 1.82) is 0 Å². The fourth-order valence-corrected chi connectivity index (χ4v) is 2.35. The van der Waals surface area contributed by atoms with Gasteiger partial charge in [0.25, 0.3) is 5.91 Å². The molecule has 0 saturated carbocycles. The molecule has 4 heteroatoms. The van der Waals surface area contributed by atoms with Crippen molar-refractivity contribution in [2.75, 3.05) is 18.5 Å². The highest BCUT2D eigenvalue weighted by molar-refractivity contribution is 5.95. The zero-order valence-electron chi connectivity index (χ0n) is 13.1. The van der Waals surface area contributed by atoms with Crippen molar-refractivity contribution >= 4 is 11.6 Å². The topological polar surface area (TPSA) is 54.9 Å². The second kappa shape index (κ2) is 8.20. The smallest absolute Gasteiger partial charge is 0.287 e. The number of quaternary nitrogens is 1. The maximum Gasteiger partial charge on any atom is 0.287 e. The lowest BCUT2D eigenvalue weighted by molar-refractivity contribution is -0.679. The summed E-state index contributed by atoms with van der Waals surface area (Å²) < 4.78 is 5.56. The lowest BCUT2D eigenvalue weighted by Crippen LogP contribution is -2.86. The summed E-state index contributed by atoms with van der Waals surface area (Å²) >= 11 is 0. The number of amides is 1. The van der Waals surface area contributed by atoms with Gasteiger partial charge in [0.05, 0.1) is 18.8 Å². The van der Waals surface area contributed by atoms with Crippen LogP contribution in [0.15, 0.2) is 54.6 Å². The third kappa shape index (κ3) is 4.09. The molecule has 0 spiro atoms. The molecule has 0 bridgehead atoms. The van der Waals surface area contributed by atoms with Gasteiger partial charge in [0.1, 0.15) is 5.75 Å². The number of nitrogens with one attached hydrogen (secondary N) is 1. The zero-order valence-corrected chi connectivity index (χ0v) is 13.1. The van der Waals surface area contributed by atoms with E-state index in [0.29, 0.717) is 18.0 Å². The SMILES string of the molecule is CC[NH2+][C@@H](C(=O)Nc1ccccc1OCC)c1ccccc1. The number of hydrogen-bond donors (Lipinski definition) is 2. The Morgan fingerprint density at radius 2 is 1.77 bits per heavy atom. The Balaban J connectivity index is 2.18. The fourth-order valence-electron chi connectivity index (χ4n) is 2.35. The molecule has 0 aliphatic carbocycles. The number of rotatable bonds is 7. The van der Waals surface area contributed by atoms with Crippen LogP contribution >= 0.6 is 0 Å². The highest BCUT2D eigenvalue weighted by Crippen LogP contribution is 2.24. The Morgan fingerprint density at radius 3 is 2.45 bits per heavy atom. The number of ether oxygens (including phenoxy) is 1. The minimum Gasteiger partial charge on any atom is -0.492 e. The predicted molar refractivity (Wildman–Crippen MR) is 87.9 cm³/mol. The van der Waals surface area contributed by atoms with Gasteiger partial charge in [-0.3, -0.25) is 4.79 Å². The average Bonchev–Trinajstić information content (AvgIpc) is 2.55. The third-order valence-corrected chi connectivity index (χ3v) is 3.36. The average molecular weight is 299 g/mol.